The molecular formula is C12H23NO3. The molecule has 2 aliphatic rings. The molecule has 1 aliphatic heterocycles. The van der Waals surface area contributed by atoms with E-state index in [1.807, 2.05) is 34.7 Å². The highest BCUT2D eigenvalue weighted by Gasteiger charge is 2.56. The molecule has 1 saturated carbocycles. The molecule has 1 saturated heterocycles. The maximum absolute atomic E-state index is 10.2. The number of aliphatic hydroxyl groups is 1. The van der Waals surface area contributed by atoms with E-state index in [0.29, 0.717) is 0 Å². The molecule has 4 atom stereocenters. The van der Waals surface area contributed by atoms with Gasteiger partial charge in [0.05, 0.1) is 11.7 Å². The van der Waals surface area contributed by atoms with Gasteiger partial charge in [0.2, 0.25) is 0 Å². The maximum Gasteiger partial charge on any atom is 0.163 e. The average Bonchev–Trinajstić information content (AvgIpc) is 2.55. The van der Waals surface area contributed by atoms with Crippen molar-refractivity contribution in [2.45, 2.75) is 63.8 Å². The molecule has 94 valence electrons. The third-order valence-electron chi connectivity index (χ3n) is 3.74. The monoisotopic (exact) mass is 229 g/mol. The van der Waals surface area contributed by atoms with E-state index in [9.17, 15) is 5.11 Å². The van der Waals surface area contributed by atoms with Gasteiger partial charge in [-0.3, -0.25) is 0 Å². The van der Waals surface area contributed by atoms with E-state index in [1.165, 1.54) is 0 Å². The fourth-order valence-electron chi connectivity index (χ4n) is 2.95. The minimum atomic E-state index is -0.724. The van der Waals surface area contributed by atoms with E-state index in [-0.39, 0.29) is 24.2 Å². The Balaban J connectivity index is 2.21. The molecule has 2 rings (SSSR count). The van der Waals surface area contributed by atoms with Gasteiger partial charge in [-0.15, -0.1) is 0 Å². The second-order valence-electron chi connectivity index (χ2n) is 5.96. The standard InChI is InChI=1S/C12H23NO3/c1-11(2,14)7-6-8(13-5)10-9(7)15-12(3,4)16-10/h7-10,13-14H,6H2,1-5H3. The number of ether oxygens (including phenoxy) is 2. The molecule has 0 spiro atoms. The van der Waals surface area contributed by atoms with Crippen LogP contribution in [0.25, 0.3) is 0 Å². The minimum Gasteiger partial charge on any atom is -0.390 e. The highest BCUT2D eigenvalue weighted by molar-refractivity contribution is 5.05. The van der Waals surface area contributed by atoms with Crippen molar-refractivity contribution in [3.05, 3.63) is 0 Å². The van der Waals surface area contributed by atoms with Crippen LogP contribution in [0.3, 0.4) is 0 Å². The summed E-state index contributed by atoms with van der Waals surface area (Å²) >= 11 is 0. The molecule has 4 heteroatoms. The Morgan fingerprint density at radius 3 is 2.31 bits per heavy atom. The lowest BCUT2D eigenvalue weighted by atomic mass is 9.87. The van der Waals surface area contributed by atoms with Crippen molar-refractivity contribution < 1.29 is 14.6 Å². The van der Waals surface area contributed by atoms with Crippen molar-refractivity contribution in [2.24, 2.45) is 5.92 Å². The maximum atomic E-state index is 10.2. The molecule has 0 aromatic carbocycles. The third-order valence-corrected chi connectivity index (χ3v) is 3.74. The lowest BCUT2D eigenvalue weighted by Crippen LogP contribution is -2.39. The zero-order chi connectivity index (χ0) is 12.1. The van der Waals surface area contributed by atoms with Gasteiger partial charge in [0, 0.05) is 12.0 Å². The van der Waals surface area contributed by atoms with E-state index in [0.717, 1.165) is 6.42 Å². The number of hydrogen-bond acceptors (Lipinski definition) is 4. The first-order valence-electron chi connectivity index (χ1n) is 6.00. The summed E-state index contributed by atoms with van der Waals surface area (Å²) in [5.74, 6) is -0.411. The molecule has 4 nitrogen and oxygen atoms in total. The van der Waals surface area contributed by atoms with Crippen LogP contribution >= 0.6 is 0 Å². The molecule has 0 bridgehead atoms. The van der Waals surface area contributed by atoms with Crippen LogP contribution in [0.2, 0.25) is 0 Å². The molecule has 2 fully saturated rings. The Morgan fingerprint density at radius 1 is 1.25 bits per heavy atom. The number of fused-ring (bicyclic) bond motifs is 1. The van der Waals surface area contributed by atoms with Crippen molar-refractivity contribution in [2.75, 3.05) is 7.05 Å². The second kappa shape index (κ2) is 3.67. The summed E-state index contributed by atoms with van der Waals surface area (Å²) in [6.45, 7) is 7.56. The zero-order valence-corrected chi connectivity index (χ0v) is 10.8. The zero-order valence-electron chi connectivity index (χ0n) is 10.8. The number of nitrogens with one attached hydrogen (secondary N) is 1. The van der Waals surface area contributed by atoms with Gasteiger partial charge >= 0.3 is 0 Å². The van der Waals surface area contributed by atoms with Gasteiger partial charge in [0.15, 0.2) is 5.79 Å². The quantitative estimate of drug-likeness (QED) is 0.738. The second-order valence-corrected chi connectivity index (χ2v) is 5.96. The van der Waals surface area contributed by atoms with Crippen LogP contribution in [0.1, 0.15) is 34.1 Å². The SMILES string of the molecule is CNC1CC(C(C)(C)O)C2OC(C)(C)OC12. The summed E-state index contributed by atoms with van der Waals surface area (Å²) in [5, 5.41) is 13.4. The molecule has 1 heterocycles. The van der Waals surface area contributed by atoms with E-state index in [4.69, 9.17) is 9.47 Å². The van der Waals surface area contributed by atoms with Crippen LogP contribution in [0.4, 0.5) is 0 Å². The van der Waals surface area contributed by atoms with Gasteiger partial charge in [-0.1, -0.05) is 0 Å². The normalized spacial score (nSPS) is 42.4. The molecule has 0 aromatic rings. The van der Waals surface area contributed by atoms with Crippen LogP contribution in [0, 0.1) is 5.92 Å². The Kier molecular flexibility index (Phi) is 2.82. The van der Waals surface area contributed by atoms with Gasteiger partial charge in [0.1, 0.15) is 6.10 Å². The van der Waals surface area contributed by atoms with E-state index < -0.39 is 11.4 Å². The minimum absolute atomic E-state index is 0.00699. The van der Waals surface area contributed by atoms with Gasteiger partial charge in [0.25, 0.3) is 0 Å². The first-order valence-corrected chi connectivity index (χ1v) is 6.00. The van der Waals surface area contributed by atoms with Crippen LogP contribution in [-0.4, -0.2) is 41.8 Å². The average molecular weight is 229 g/mol. The summed E-state index contributed by atoms with van der Waals surface area (Å²) in [7, 11) is 1.93. The summed E-state index contributed by atoms with van der Waals surface area (Å²) < 4.78 is 11.8. The summed E-state index contributed by atoms with van der Waals surface area (Å²) in [6, 6.07) is 0.267. The van der Waals surface area contributed by atoms with Gasteiger partial charge in [-0.05, 0) is 41.2 Å². The Labute approximate surface area is 97.3 Å². The fourth-order valence-corrected chi connectivity index (χ4v) is 2.95. The van der Waals surface area contributed by atoms with E-state index >= 15 is 0 Å². The predicted octanol–water partition coefficient (Wildman–Crippen LogP) is 0.885. The van der Waals surface area contributed by atoms with Crippen molar-refractivity contribution in [3.63, 3.8) is 0 Å². The smallest absolute Gasteiger partial charge is 0.163 e. The Hall–Kier alpha value is -0.160. The molecule has 0 aromatic heterocycles. The number of hydrogen-bond donors (Lipinski definition) is 2. The molecule has 0 amide bonds. The molecular weight excluding hydrogens is 206 g/mol. The van der Waals surface area contributed by atoms with Crippen LogP contribution in [0.15, 0.2) is 0 Å². The molecule has 1 aliphatic carbocycles. The number of likely N-dealkylation sites (N-methyl/N-ethyl adjacent to an activating group) is 1. The fraction of sp³-hybridized carbons (Fsp3) is 1.00. The highest BCUT2D eigenvalue weighted by atomic mass is 16.8. The van der Waals surface area contributed by atoms with E-state index in [1.54, 1.807) is 0 Å². The number of rotatable bonds is 2. The van der Waals surface area contributed by atoms with Crippen LogP contribution in [-0.2, 0) is 9.47 Å². The lowest BCUT2D eigenvalue weighted by molar-refractivity contribution is -0.168. The van der Waals surface area contributed by atoms with Crippen molar-refractivity contribution in [1.82, 2.24) is 5.32 Å². The molecule has 0 radical (unpaired) electrons. The predicted molar refractivity (Wildman–Crippen MR) is 61.1 cm³/mol. The summed E-state index contributed by atoms with van der Waals surface area (Å²) in [5.41, 5.74) is -0.724. The largest absolute Gasteiger partial charge is 0.390 e. The summed E-state index contributed by atoms with van der Waals surface area (Å²) in [6.07, 6.45) is 0.940. The summed E-state index contributed by atoms with van der Waals surface area (Å²) in [4.78, 5) is 0. The Morgan fingerprint density at radius 2 is 1.81 bits per heavy atom. The van der Waals surface area contributed by atoms with Crippen molar-refractivity contribution >= 4 is 0 Å². The lowest BCUT2D eigenvalue weighted by Gasteiger charge is -2.30. The Bertz CT molecular complexity index is 272. The van der Waals surface area contributed by atoms with Crippen LogP contribution in [0.5, 0.6) is 0 Å². The molecule has 2 N–H and O–H groups in total. The van der Waals surface area contributed by atoms with Gasteiger partial charge < -0.3 is 19.9 Å². The topological polar surface area (TPSA) is 50.7 Å². The van der Waals surface area contributed by atoms with Crippen molar-refractivity contribution in [3.8, 4) is 0 Å². The van der Waals surface area contributed by atoms with Crippen LogP contribution < -0.4 is 5.32 Å². The van der Waals surface area contributed by atoms with Gasteiger partial charge in [-0.25, -0.2) is 0 Å². The highest BCUT2D eigenvalue weighted by Crippen LogP contribution is 2.45. The van der Waals surface area contributed by atoms with Gasteiger partial charge in [-0.2, -0.15) is 0 Å². The first-order chi connectivity index (χ1) is 7.24. The van der Waals surface area contributed by atoms with Crippen molar-refractivity contribution in [1.29, 1.82) is 0 Å². The van der Waals surface area contributed by atoms with E-state index in [2.05, 4.69) is 5.32 Å². The molecule has 16 heavy (non-hydrogen) atoms. The molecule has 4 unspecified atom stereocenters. The first kappa shape index (κ1) is 12.3. The third kappa shape index (κ3) is 1.99.